The lowest BCUT2D eigenvalue weighted by atomic mass is 10.1. The van der Waals surface area contributed by atoms with Crippen molar-refractivity contribution in [1.29, 1.82) is 0 Å². The van der Waals surface area contributed by atoms with Crippen molar-refractivity contribution in [3.63, 3.8) is 0 Å². The maximum absolute atomic E-state index is 13.3. The number of alkyl halides is 3. The first-order chi connectivity index (χ1) is 16.2. The largest absolute Gasteiger partial charge is 0.416 e. The third kappa shape index (κ3) is 6.37. The van der Waals surface area contributed by atoms with Crippen LogP contribution in [0.5, 0.6) is 0 Å². The number of amides is 2. The molecule has 3 aromatic rings. The lowest BCUT2D eigenvalue weighted by molar-refractivity contribution is -0.137. The van der Waals surface area contributed by atoms with Crippen LogP contribution >= 0.6 is 0 Å². The molecule has 0 saturated carbocycles. The SMILES string of the molecule is C=CCN(CC(=O)N(Cc1ccccc1)Cc1cccn1C)C(=O)c1cccc(C(F)(F)F)c1. The molecule has 5 nitrogen and oxygen atoms in total. The summed E-state index contributed by atoms with van der Waals surface area (Å²) >= 11 is 0. The highest BCUT2D eigenvalue weighted by atomic mass is 19.4. The van der Waals surface area contributed by atoms with Gasteiger partial charge in [0.2, 0.25) is 5.91 Å². The molecule has 1 heterocycles. The van der Waals surface area contributed by atoms with Crippen LogP contribution in [0.3, 0.4) is 0 Å². The summed E-state index contributed by atoms with van der Waals surface area (Å²) in [5.41, 5.74) is 0.771. The standard InChI is InChI=1S/C26H26F3N3O2/c1-3-14-31(25(34)21-11-7-12-22(16-21)26(27,28)29)19-24(33)32(17-20-9-5-4-6-10-20)18-23-13-8-15-30(23)2/h3-13,15-16H,1,14,17-19H2,2H3. The Balaban J connectivity index is 1.83. The van der Waals surface area contributed by atoms with Crippen LogP contribution in [0, 0.1) is 0 Å². The number of halogens is 3. The summed E-state index contributed by atoms with van der Waals surface area (Å²) in [6, 6.07) is 17.4. The normalized spacial score (nSPS) is 11.2. The Morgan fingerprint density at radius 1 is 0.971 bits per heavy atom. The second kappa shape index (κ2) is 10.9. The number of benzene rings is 2. The van der Waals surface area contributed by atoms with E-state index in [1.165, 1.54) is 23.1 Å². The van der Waals surface area contributed by atoms with E-state index in [0.717, 1.165) is 23.4 Å². The molecule has 0 saturated heterocycles. The number of hydrogen-bond donors (Lipinski definition) is 0. The van der Waals surface area contributed by atoms with Crippen molar-refractivity contribution in [2.45, 2.75) is 19.3 Å². The molecule has 0 N–H and O–H groups in total. The van der Waals surface area contributed by atoms with Crippen molar-refractivity contribution in [3.8, 4) is 0 Å². The molecule has 0 radical (unpaired) electrons. The van der Waals surface area contributed by atoms with Gasteiger partial charge in [0, 0.05) is 37.6 Å². The molecule has 0 spiro atoms. The molecule has 0 unspecified atom stereocenters. The predicted octanol–water partition coefficient (Wildman–Crippen LogP) is 4.90. The van der Waals surface area contributed by atoms with Crippen molar-refractivity contribution in [2.24, 2.45) is 7.05 Å². The summed E-state index contributed by atoms with van der Waals surface area (Å²) in [5, 5.41) is 0. The summed E-state index contributed by atoms with van der Waals surface area (Å²) in [5.74, 6) is -0.995. The van der Waals surface area contributed by atoms with Crippen molar-refractivity contribution in [1.82, 2.24) is 14.4 Å². The molecule has 8 heteroatoms. The minimum atomic E-state index is -4.57. The topological polar surface area (TPSA) is 45.6 Å². The average Bonchev–Trinajstić information content (AvgIpc) is 3.22. The Bertz CT molecular complexity index is 1140. The van der Waals surface area contributed by atoms with Gasteiger partial charge < -0.3 is 14.4 Å². The zero-order valence-electron chi connectivity index (χ0n) is 18.8. The summed E-state index contributed by atoms with van der Waals surface area (Å²) in [4.78, 5) is 29.2. The maximum Gasteiger partial charge on any atom is 0.416 e. The van der Waals surface area contributed by atoms with E-state index < -0.39 is 17.6 Å². The van der Waals surface area contributed by atoms with E-state index in [-0.39, 0.29) is 24.6 Å². The van der Waals surface area contributed by atoms with Gasteiger partial charge in [0.05, 0.1) is 12.1 Å². The van der Waals surface area contributed by atoms with E-state index in [2.05, 4.69) is 6.58 Å². The molecule has 34 heavy (non-hydrogen) atoms. The molecule has 2 amide bonds. The van der Waals surface area contributed by atoms with Gasteiger partial charge in [-0.25, -0.2) is 0 Å². The van der Waals surface area contributed by atoms with Crippen LogP contribution in [0.4, 0.5) is 13.2 Å². The van der Waals surface area contributed by atoms with Crippen LogP contribution in [0.25, 0.3) is 0 Å². The second-order valence-electron chi connectivity index (χ2n) is 7.90. The van der Waals surface area contributed by atoms with Crippen LogP contribution in [-0.4, -0.2) is 39.3 Å². The fourth-order valence-electron chi connectivity index (χ4n) is 3.54. The molecular formula is C26H26F3N3O2. The smallest absolute Gasteiger partial charge is 0.353 e. The summed E-state index contributed by atoms with van der Waals surface area (Å²) in [6.45, 7) is 3.99. The van der Waals surface area contributed by atoms with Crippen LogP contribution < -0.4 is 0 Å². The van der Waals surface area contributed by atoms with Crippen molar-refractivity contribution in [2.75, 3.05) is 13.1 Å². The second-order valence-corrected chi connectivity index (χ2v) is 7.90. The molecule has 178 valence electrons. The third-order valence-electron chi connectivity index (χ3n) is 5.37. The number of rotatable bonds is 9. The molecule has 0 aliphatic heterocycles. The molecule has 0 aliphatic carbocycles. The molecular weight excluding hydrogens is 443 g/mol. The minimum Gasteiger partial charge on any atom is -0.353 e. The summed E-state index contributed by atoms with van der Waals surface area (Å²) < 4.78 is 41.2. The van der Waals surface area contributed by atoms with Gasteiger partial charge >= 0.3 is 6.18 Å². The Morgan fingerprint density at radius 2 is 1.71 bits per heavy atom. The number of carbonyl (C=O) groups is 2. The van der Waals surface area contributed by atoms with Crippen molar-refractivity contribution in [3.05, 3.63) is 108 Å². The van der Waals surface area contributed by atoms with E-state index in [9.17, 15) is 22.8 Å². The van der Waals surface area contributed by atoms with Gasteiger partial charge in [0.1, 0.15) is 6.54 Å². The summed E-state index contributed by atoms with van der Waals surface area (Å²) in [7, 11) is 1.88. The molecule has 0 bridgehead atoms. The predicted molar refractivity (Wildman–Crippen MR) is 124 cm³/mol. The van der Waals surface area contributed by atoms with E-state index in [1.807, 2.05) is 60.3 Å². The molecule has 0 fully saturated rings. The van der Waals surface area contributed by atoms with Crippen LogP contribution in [0.1, 0.15) is 27.2 Å². The van der Waals surface area contributed by atoms with Gasteiger partial charge in [-0.05, 0) is 35.9 Å². The van der Waals surface area contributed by atoms with Gasteiger partial charge in [0.25, 0.3) is 5.91 Å². The Labute approximate surface area is 196 Å². The van der Waals surface area contributed by atoms with E-state index in [0.29, 0.717) is 13.1 Å². The first-order valence-corrected chi connectivity index (χ1v) is 10.7. The third-order valence-corrected chi connectivity index (χ3v) is 5.37. The summed E-state index contributed by atoms with van der Waals surface area (Å²) in [6.07, 6.45) is -1.25. The Kier molecular flexibility index (Phi) is 7.94. The Morgan fingerprint density at radius 3 is 2.32 bits per heavy atom. The number of nitrogens with zero attached hydrogens (tertiary/aromatic N) is 3. The monoisotopic (exact) mass is 469 g/mol. The highest BCUT2D eigenvalue weighted by Gasteiger charge is 2.31. The Hall–Kier alpha value is -3.81. The molecule has 3 rings (SSSR count). The average molecular weight is 470 g/mol. The highest BCUT2D eigenvalue weighted by molar-refractivity contribution is 5.96. The van der Waals surface area contributed by atoms with Gasteiger partial charge in [0.15, 0.2) is 0 Å². The van der Waals surface area contributed by atoms with Crippen molar-refractivity contribution >= 4 is 11.8 Å². The highest BCUT2D eigenvalue weighted by Crippen LogP contribution is 2.29. The fraction of sp³-hybridized carbons (Fsp3) is 0.231. The first kappa shape index (κ1) is 24.8. The number of carbonyl (C=O) groups excluding carboxylic acids is 2. The van der Waals surface area contributed by atoms with Crippen LogP contribution in [-0.2, 0) is 31.1 Å². The lowest BCUT2D eigenvalue weighted by Gasteiger charge is -2.27. The zero-order chi connectivity index (χ0) is 24.7. The fourth-order valence-corrected chi connectivity index (χ4v) is 3.54. The number of aromatic nitrogens is 1. The van der Waals surface area contributed by atoms with Crippen LogP contribution in [0.2, 0.25) is 0 Å². The number of aryl methyl sites for hydroxylation is 1. The van der Waals surface area contributed by atoms with E-state index >= 15 is 0 Å². The first-order valence-electron chi connectivity index (χ1n) is 10.7. The molecule has 0 aliphatic rings. The van der Waals surface area contributed by atoms with Crippen molar-refractivity contribution < 1.29 is 22.8 Å². The maximum atomic E-state index is 13.3. The molecule has 0 atom stereocenters. The quantitative estimate of drug-likeness (QED) is 0.419. The van der Waals surface area contributed by atoms with Gasteiger partial charge in [-0.2, -0.15) is 13.2 Å². The van der Waals surface area contributed by atoms with E-state index in [4.69, 9.17) is 0 Å². The minimum absolute atomic E-state index is 0.0180. The van der Waals surface area contributed by atoms with E-state index in [1.54, 1.807) is 4.90 Å². The zero-order valence-corrected chi connectivity index (χ0v) is 18.8. The number of hydrogen-bond acceptors (Lipinski definition) is 2. The van der Waals surface area contributed by atoms with Gasteiger partial charge in [-0.1, -0.05) is 42.5 Å². The lowest BCUT2D eigenvalue weighted by Crippen LogP contribution is -2.42. The molecule has 2 aromatic carbocycles. The van der Waals surface area contributed by atoms with Gasteiger partial charge in [-0.3, -0.25) is 9.59 Å². The van der Waals surface area contributed by atoms with Gasteiger partial charge in [-0.15, -0.1) is 6.58 Å². The molecule has 1 aromatic heterocycles. The van der Waals surface area contributed by atoms with Crippen LogP contribution in [0.15, 0.2) is 85.6 Å².